The van der Waals surface area contributed by atoms with Crippen LogP contribution in [0.4, 0.5) is 4.39 Å². The zero-order valence-corrected chi connectivity index (χ0v) is 16.1. The van der Waals surface area contributed by atoms with Crippen molar-refractivity contribution in [3.63, 3.8) is 0 Å². The highest BCUT2D eigenvalue weighted by molar-refractivity contribution is 6.36. The Kier molecular flexibility index (Phi) is 4.95. The number of aromatic nitrogens is 2. The molecule has 0 bridgehead atoms. The fraction of sp³-hybridized carbons (Fsp3) is 0.211. The lowest BCUT2D eigenvalue weighted by atomic mass is 10.1. The molecule has 1 aliphatic rings. The number of hydrogen-bond acceptors (Lipinski definition) is 3. The van der Waals surface area contributed by atoms with Gasteiger partial charge in [-0.15, -0.1) is 0 Å². The number of benzene rings is 2. The first-order valence-corrected chi connectivity index (χ1v) is 9.36. The lowest BCUT2D eigenvalue weighted by Crippen LogP contribution is -2.50. The minimum atomic E-state index is -0.697. The van der Waals surface area contributed by atoms with Gasteiger partial charge in [-0.1, -0.05) is 23.2 Å². The van der Waals surface area contributed by atoms with Gasteiger partial charge in [0.2, 0.25) is 0 Å². The number of carbonyl (C=O) groups excluding carboxylic acids is 2. The standard InChI is InChI=1S/C19H15Cl2FN4O2/c20-13-9-14(21)15(22)8-12(13)19(28)26-5-3-25(4-6-26)18(27)11-1-2-16-17(7-11)24-10-23-16/h1-2,7-10H,3-6H2,(H,23,24). The van der Waals surface area contributed by atoms with E-state index < -0.39 is 5.82 Å². The highest BCUT2D eigenvalue weighted by Gasteiger charge is 2.27. The number of imidazole rings is 1. The van der Waals surface area contributed by atoms with Crippen LogP contribution in [-0.2, 0) is 0 Å². The molecule has 2 amide bonds. The number of nitrogens with one attached hydrogen (secondary N) is 1. The third-order valence-corrected chi connectivity index (χ3v) is 5.36. The van der Waals surface area contributed by atoms with Crippen molar-refractivity contribution >= 4 is 46.0 Å². The number of nitrogens with zero attached hydrogens (tertiary/aromatic N) is 3. The molecule has 3 aromatic rings. The summed E-state index contributed by atoms with van der Waals surface area (Å²) in [6, 6.07) is 7.55. The van der Waals surface area contributed by atoms with Crippen LogP contribution in [0.2, 0.25) is 10.0 Å². The van der Waals surface area contributed by atoms with Gasteiger partial charge in [0, 0.05) is 31.7 Å². The first-order chi connectivity index (χ1) is 13.4. The van der Waals surface area contributed by atoms with Crippen molar-refractivity contribution in [2.75, 3.05) is 26.2 Å². The van der Waals surface area contributed by atoms with E-state index in [9.17, 15) is 14.0 Å². The number of piperazine rings is 1. The number of rotatable bonds is 2. The maximum absolute atomic E-state index is 13.7. The Morgan fingerprint density at radius 2 is 1.64 bits per heavy atom. The molecule has 1 aromatic heterocycles. The van der Waals surface area contributed by atoms with E-state index in [1.807, 2.05) is 0 Å². The lowest BCUT2D eigenvalue weighted by molar-refractivity contribution is 0.0535. The Hall–Kier alpha value is -2.64. The molecule has 1 N–H and O–H groups in total. The Labute approximate surface area is 169 Å². The topological polar surface area (TPSA) is 69.3 Å². The van der Waals surface area contributed by atoms with Crippen LogP contribution in [0.1, 0.15) is 20.7 Å². The van der Waals surface area contributed by atoms with Gasteiger partial charge in [0.05, 0.1) is 33.0 Å². The molecule has 4 rings (SSSR count). The lowest BCUT2D eigenvalue weighted by Gasteiger charge is -2.35. The fourth-order valence-electron chi connectivity index (χ4n) is 3.22. The maximum atomic E-state index is 13.7. The Balaban J connectivity index is 1.44. The molecule has 2 heterocycles. The molecule has 1 aliphatic heterocycles. The van der Waals surface area contributed by atoms with Gasteiger partial charge in [0.1, 0.15) is 5.82 Å². The molecule has 0 aliphatic carbocycles. The van der Waals surface area contributed by atoms with E-state index in [0.717, 1.165) is 17.1 Å². The molecule has 28 heavy (non-hydrogen) atoms. The fourth-order valence-corrected chi connectivity index (χ4v) is 3.68. The summed E-state index contributed by atoms with van der Waals surface area (Å²) in [5.74, 6) is -1.19. The molecule has 144 valence electrons. The number of carbonyl (C=O) groups is 2. The summed E-state index contributed by atoms with van der Waals surface area (Å²) in [6.45, 7) is 1.41. The number of halogens is 3. The molecule has 0 saturated carbocycles. The molecule has 0 spiro atoms. The quantitative estimate of drug-likeness (QED) is 0.643. The summed E-state index contributed by atoms with van der Waals surface area (Å²) >= 11 is 11.7. The summed E-state index contributed by atoms with van der Waals surface area (Å²) in [5, 5.41) is -0.0334. The maximum Gasteiger partial charge on any atom is 0.255 e. The molecule has 1 fully saturated rings. The monoisotopic (exact) mass is 420 g/mol. The predicted octanol–water partition coefficient (Wildman–Crippen LogP) is 3.61. The van der Waals surface area contributed by atoms with Crippen LogP contribution >= 0.6 is 23.2 Å². The van der Waals surface area contributed by atoms with Crippen molar-refractivity contribution in [3.8, 4) is 0 Å². The normalized spacial score (nSPS) is 14.5. The molecular formula is C19H15Cl2FN4O2. The average Bonchev–Trinajstić information content (AvgIpc) is 3.17. The minimum absolute atomic E-state index is 0.0630. The molecule has 0 unspecified atom stereocenters. The van der Waals surface area contributed by atoms with Gasteiger partial charge in [-0.2, -0.15) is 0 Å². The van der Waals surface area contributed by atoms with Gasteiger partial charge >= 0.3 is 0 Å². The van der Waals surface area contributed by atoms with E-state index >= 15 is 0 Å². The van der Waals surface area contributed by atoms with E-state index in [-0.39, 0.29) is 27.4 Å². The van der Waals surface area contributed by atoms with Gasteiger partial charge < -0.3 is 14.8 Å². The first kappa shape index (κ1) is 18.7. The Bertz CT molecular complexity index is 1080. The highest BCUT2D eigenvalue weighted by Crippen LogP contribution is 2.26. The van der Waals surface area contributed by atoms with Crippen molar-refractivity contribution in [1.29, 1.82) is 0 Å². The van der Waals surface area contributed by atoms with E-state index in [4.69, 9.17) is 23.2 Å². The summed E-state index contributed by atoms with van der Waals surface area (Å²) in [5.41, 5.74) is 2.20. The first-order valence-electron chi connectivity index (χ1n) is 8.60. The third-order valence-electron chi connectivity index (χ3n) is 4.76. The van der Waals surface area contributed by atoms with Crippen LogP contribution < -0.4 is 0 Å². The Morgan fingerprint density at radius 1 is 0.964 bits per heavy atom. The van der Waals surface area contributed by atoms with E-state index in [0.29, 0.717) is 31.7 Å². The predicted molar refractivity (Wildman–Crippen MR) is 104 cm³/mol. The summed E-state index contributed by atoms with van der Waals surface area (Å²) in [7, 11) is 0. The number of fused-ring (bicyclic) bond motifs is 1. The molecule has 1 saturated heterocycles. The van der Waals surface area contributed by atoms with Crippen LogP contribution in [0.3, 0.4) is 0 Å². The molecule has 9 heteroatoms. The van der Waals surface area contributed by atoms with E-state index in [1.165, 1.54) is 6.07 Å². The molecule has 0 radical (unpaired) electrons. The van der Waals surface area contributed by atoms with Gasteiger partial charge in [-0.05, 0) is 30.3 Å². The molecular weight excluding hydrogens is 406 g/mol. The summed E-state index contributed by atoms with van der Waals surface area (Å²) in [6.07, 6.45) is 1.58. The third kappa shape index (κ3) is 3.43. The van der Waals surface area contributed by atoms with Gasteiger partial charge in [-0.25, -0.2) is 9.37 Å². The van der Waals surface area contributed by atoms with Crippen LogP contribution in [0.25, 0.3) is 11.0 Å². The van der Waals surface area contributed by atoms with Crippen LogP contribution in [0.15, 0.2) is 36.7 Å². The van der Waals surface area contributed by atoms with Crippen LogP contribution in [-0.4, -0.2) is 57.8 Å². The van der Waals surface area contributed by atoms with Gasteiger partial charge in [0.15, 0.2) is 0 Å². The SMILES string of the molecule is O=C(c1ccc2nc[nH]c2c1)N1CCN(C(=O)c2cc(F)c(Cl)cc2Cl)CC1. The van der Waals surface area contributed by atoms with E-state index in [2.05, 4.69) is 9.97 Å². The molecule has 2 aromatic carbocycles. The number of H-pyrrole nitrogens is 1. The average molecular weight is 421 g/mol. The van der Waals surface area contributed by atoms with Crippen molar-refractivity contribution in [3.05, 3.63) is 63.6 Å². The van der Waals surface area contributed by atoms with Crippen molar-refractivity contribution in [2.24, 2.45) is 0 Å². The van der Waals surface area contributed by atoms with Crippen molar-refractivity contribution in [1.82, 2.24) is 19.8 Å². The molecule has 0 atom stereocenters. The highest BCUT2D eigenvalue weighted by atomic mass is 35.5. The van der Waals surface area contributed by atoms with Gasteiger partial charge in [-0.3, -0.25) is 9.59 Å². The van der Waals surface area contributed by atoms with Crippen LogP contribution in [0.5, 0.6) is 0 Å². The second-order valence-corrected chi connectivity index (χ2v) is 7.28. The number of aromatic amines is 1. The van der Waals surface area contributed by atoms with E-state index in [1.54, 1.807) is 34.3 Å². The van der Waals surface area contributed by atoms with Crippen molar-refractivity contribution < 1.29 is 14.0 Å². The summed E-state index contributed by atoms with van der Waals surface area (Å²) < 4.78 is 13.7. The zero-order valence-electron chi connectivity index (χ0n) is 14.6. The number of hydrogen-bond donors (Lipinski definition) is 1. The van der Waals surface area contributed by atoms with Crippen molar-refractivity contribution in [2.45, 2.75) is 0 Å². The zero-order chi connectivity index (χ0) is 19.8. The smallest absolute Gasteiger partial charge is 0.255 e. The minimum Gasteiger partial charge on any atom is -0.345 e. The second kappa shape index (κ2) is 7.41. The molecule has 6 nitrogen and oxygen atoms in total. The largest absolute Gasteiger partial charge is 0.345 e. The summed E-state index contributed by atoms with van der Waals surface area (Å²) in [4.78, 5) is 35.8. The van der Waals surface area contributed by atoms with Gasteiger partial charge in [0.25, 0.3) is 11.8 Å². The Morgan fingerprint density at radius 3 is 2.36 bits per heavy atom. The van der Waals surface area contributed by atoms with Crippen LogP contribution in [0, 0.1) is 5.82 Å². The second-order valence-electron chi connectivity index (χ2n) is 6.47. The number of amides is 2.